The molecule has 4 heteroatoms. The van der Waals surface area contributed by atoms with Crippen LogP contribution in [0.25, 0.3) is 10.1 Å². The Morgan fingerprint density at radius 2 is 2.06 bits per heavy atom. The van der Waals surface area contributed by atoms with E-state index < -0.39 is 0 Å². The van der Waals surface area contributed by atoms with Crippen LogP contribution in [0.2, 0.25) is 0 Å². The van der Waals surface area contributed by atoms with Gasteiger partial charge >= 0.3 is 0 Å². The molecule has 0 aliphatic carbocycles. The molecule has 0 atom stereocenters. The van der Waals surface area contributed by atoms with Crippen LogP contribution < -0.4 is 5.73 Å². The van der Waals surface area contributed by atoms with Crippen molar-refractivity contribution in [2.45, 2.75) is 6.54 Å². The highest BCUT2D eigenvalue weighted by atomic mass is 32.1. The molecular weight excluding hydrogens is 220 g/mol. The van der Waals surface area contributed by atoms with E-state index in [2.05, 4.69) is 0 Å². The molecule has 84 valence electrons. The van der Waals surface area contributed by atoms with Gasteiger partial charge in [-0.05, 0) is 31.1 Å². The van der Waals surface area contributed by atoms with E-state index in [1.54, 1.807) is 0 Å². The number of rotatable bonds is 3. The summed E-state index contributed by atoms with van der Waals surface area (Å²) >= 11 is 1.47. The van der Waals surface area contributed by atoms with Gasteiger partial charge in [-0.2, -0.15) is 0 Å². The first-order chi connectivity index (χ1) is 7.59. The van der Waals surface area contributed by atoms with Crippen molar-refractivity contribution in [3.63, 3.8) is 0 Å². The van der Waals surface area contributed by atoms with Crippen molar-refractivity contribution in [1.29, 1.82) is 0 Å². The lowest BCUT2D eigenvalue weighted by atomic mass is 10.1. The molecule has 2 N–H and O–H groups in total. The van der Waals surface area contributed by atoms with E-state index in [-0.39, 0.29) is 5.91 Å². The molecule has 0 saturated heterocycles. The van der Waals surface area contributed by atoms with Crippen LogP contribution in [-0.2, 0) is 6.54 Å². The maximum Gasteiger partial charge on any atom is 0.259 e. The van der Waals surface area contributed by atoms with Gasteiger partial charge in [0.25, 0.3) is 5.91 Å². The van der Waals surface area contributed by atoms with Crippen LogP contribution >= 0.6 is 11.3 Å². The van der Waals surface area contributed by atoms with Gasteiger partial charge in [-0.3, -0.25) is 4.79 Å². The van der Waals surface area contributed by atoms with Crippen molar-refractivity contribution in [3.05, 3.63) is 34.7 Å². The molecule has 1 heterocycles. The summed E-state index contributed by atoms with van der Waals surface area (Å²) in [7, 11) is 3.97. The van der Waals surface area contributed by atoms with Crippen molar-refractivity contribution in [2.24, 2.45) is 5.73 Å². The average molecular weight is 234 g/mol. The summed E-state index contributed by atoms with van der Waals surface area (Å²) in [5, 5.41) is 1.13. The Bertz CT molecular complexity index is 531. The van der Waals surface area contributed by atoms with Crippen LogP contribution in [0.4, 0.5) is 0 Å². The number of primary amides is 1. The summed E-state index contributed by atoms with van der Waals surface area (Å²) in [5.74, 6) is -0.335. The predicted molar refractivity (Wildman–Crippen MR) is 67.7 cm³/mol. The molecule has 0 unspecified atom stereocenters. The number of carbonyl (C=O) groups excluding carboxylic acids is 1. The van der Waals surface area contributed by atoms with Gasteiger partial charge in [0.05, 0.1) is 4.88 Å². The van der Waals surface area contributed by atoms with E-state index in [0.29, 0.717) is 4.88 Å². The molecular formula is C12H14N2OS. The SMILES string of the molecule is CN(C)Cc1c(C(N)=O)sc2ccccc12. The molecule has 1 amide bonds. The number of amides is 1. The second-order valence-corrected chi connectivity index (χ2v) is 5.06. The van der Waals surface area contributed by atoms with Crippen LogP contribution in [0, 0.1) is 0 Å². The van der Waals surface area contributed by atoms with E-state index in [1.165, 1.54) is 11.3 Å². The molecule has 1 aromatic heterocycles. The Morgan fingerprint density at radius 3 is 2.69 bits per heavy atom. The Balaban J connectivity index is 2.64. The molecule has 0 aliphatic rings. The Labute approximate surface area is 98.5 Å². The van der Waals surface area contributed by atoms with Crippen LogP contribution in [0.5, 0.6) is 0 Å². The monoisotopic (exact) mass is 234 g/mol. The molecule has 2 rings (SSSR count). The molecule has 0 radical (unpaired) electrons. The van der Waals surface area contributed by atoms with Crippen molar-refractivity contribution in [2.75, 3.05) is 14.1 Å². The molecule has 1 aromatic carbocycles. The summed E-state index contributed by atoms with van der Waals surface area (Å²) in [5.41, 5.74) is 6.45. The molecule has 3 nitrogen and oxygen atoms in total. The largest absolute Gasteiger partial charge is 0.365 e. The van der Waals surface area contributed by atoms with Gasteiger partial charge in [0, 0.05) is 11.2 Å². The third kappa shape index (κ3) is 1.94. The van der Waals surface area contributed by atoms with Gasteiger partial charge in [0.15, 0.2) is 0 Å². The number of hydrogen-bond donors (Lipinski definition) is 1. The van der Waals surface area contributed by atoms with Gasteiger partial charge in [-0.25, -0.2) is 0 Å². The molecule has 16 heavy (non-hydrogen) atoms. The smallest absolute Gasteiger partial charge is 0.259 e. The minimum Gasteiger partial charge on any atom is -0.365 e. The lowest BCUT2D eigenvalue weighted by molar-refractivity contribution is 0.100. The first kappa shape index (κ1) is 11.1. The van der Waals surface area contributed by atoms with Crippen molar-refractivity contribution in [1.82, 2.24) is 4.90 Å². The average Bonchev–Trinajstić information content (AvgIpc) is 2.57. The quantitative estimate of drug-likeness (QED) is 0.883. The molecule has 0 spiro atoms. The number of thiophene rings is 1. The third-order valence-electron chi connectivity index (χ3n) is 2.40. The zero-order valence-electron chi connectivity index (χ0n) is 9.36. The van der Waals surface area contributed by atoms with Gasteiger partial charge in [0.1, 0.15) is 0 Å². The minimum absolute atomic E-state index is 0.335. The van der Waals surface area contributed by atoms with Crippen LogP contribution in [0.3, 0.4) is 0 Å². The molecule has 2 aromatic rings. The summed E-state index contributed by atoms with van der Waals surface area (Å²) in [4.78, 5) is 14.1. The number of fused-ring (bicyclic) bond motifs is 1. The highest BCUT2D eigenvalue weighted by Gasteiger charge is 2.15. The maximum absolute atomic E-state index is 11.4. The number of nitrogens with zero attached hydrogens (tertiary/aromatic N) is 1. The lowest BCUT2D eigenvalue weighted by Crippen LogP contribution is -2.16. The second kappa shape index (κ2) is 4.23. The Morgan fingerprint density at radius 1 is 1.38 bits per heavy atom. The highest BCUT2D eigenvalue weighted by Crippen LogP contribution is 2.31. The topological polar surface area (TPSA) is 46.3 Å². The van der Waals surface area contributed by atoms with Crippen molar-refractivity contribution in [3.8, 4) is 0 Å². The van der Waals surface area contributed by atoms with Crippen LogP contribution in [0.15, 0.2) is 24.3 Å². The van der Waals surface area contributed by atoms with Crippen molar-refractivity contribution >= 4 is 27.3 Å². The van der Waals surface area contributed by atoms with E-state index >= 15 is 0 Å². The fourth-order valence-corrected chi connectivity index (χ4v) is 2.84. The van der Waals surface area contributed by atoms with Gasteiger partial charge in [-0.15, -0.1) is 11.3 Å². The summed E-state index contributed by atoms with van der Waals surface area (Å²) < 4.78 is 1.12. The Hall–Kier alpha value is -1.39. The zero-order chi connectivity index (χ0) is 11.7. The highest BCUT2D eigenvalue weighted by molar-refractivity contribution is 7.21. The fourth-order valence-electron chi connectivity index (χ4n) is 1.77. The summed E-state index contributed by atoms with van der Waals surface area (Å²) in [6.07, 6.45) is 0. The minimum atomic E-state index is -0.335. The third-order valence-corrected chi connectivity index (χ3v) is 3.62. The van der Waals surface area contributed by atoms with Gasteiger partial charge in [0.2, 0.25) is 0 Å². The maximum atomic E-state index is 11.4. The van der Waals surface area contributed by atoms with Gasteiger partial charge in [-0.1, -0.05) is 18.2 Å². The van der Waals surface area contributed by atoms with E-state index in [0.717, 1.165) is 22.2 Å². The standard InChI is InChI=1S/C12H14N2OS/c1-14(2)7-9-8-5-3-4-6-10(8)16-11(9)12(13)15/h3-6H,7H2,1-2H3,(H2,13,15). The fraction of sp³-hybridized carbons (Fsp3) is 0.250. The first-order valence-corrected chi connectivity index (χ1v) is 5.86. The summed E-state index contributed by atoms with van der Waals surface area (Å²) in [6, 6.07) is 8.02. The summed E-state index contributed by atoms with van der Waals surface area (Å²) in [6.45, 7) is 0.738. The van der Waals surface area contributed by atoms with Gasteiger partial charge < -0.3 is 10.6 Å². The van der Waals surface area contributed by atoms with Crippen molar-refractivity contribution < 1.29 is 4.79 Å². The molecule has 0 fully saturated rings. The number of nitrogens with two attached hydrogens (primary N) is 1. The predicted octanol–water partition coefficient (Wildman–Crippen LogP) is 2.06. The molecule has 0 saturated carbocycles. The number of benzene rings is 1. The molecule has 0 aliphatic heterocycles. The zero-order valence-corrected chi connectivity index (χ0v) is 10.2. The molecule has 0 bridgehead atoms. The number of carbonyl (C=O) groups is 1. The van der Waals surface area contributed by atoms with Crippen LogP contribution in [0.1, 0.15) is 15.2 Å². The van der Waals surface area contributed by atoms with E-state index in [9.17, 15) is 4.79 Å². The normalized spacial score (nSPS) is 11.2. The first-order valence-electron chi connectivity index (χ1n) is 5.04. The second-order valence-electron chi connectivity index (χ2n) is 4.01. The lowest BCUT2D eigenvalue weighted by Gasteiger charge is -2.09. The van der Waals surface area contributed by atoms with E-state index in [4.69, 9.17) is 5.73 Å². The van der Waals surface area contributed by atoms with E-state index in [1.807, 2.05) is 43.3 Å². The Kier molecular flexibility index (Phi) is 2.94. The van der Waals surface area contributed by atoms with Crippen LogP contribution in [-0.4, -0.2) is 24.9 Å². The number of hydrogen-bond acceptors (Lipinski definition) is 3.